The summed E-state index contributed by atoms with van der Waals surface area (Å²) in [6, 6.07) is 17.6. The van der Waals surface area contributed by atoms with Crippen molar-refractivity contribution in [3.63, 3.8) is 0 Å². The van der Waals surface area contributed by atoms with E-state index in [9.17, 15) is 18.0 Å². The molecule has 3 aromatic rings. The van der Waals surface area contributed by atoms with Crippen LogP contribution in [0.5, 0.6) is 5.75 Å². The van der Waals surface area contributed by atoms with Crippen LogP contribution in [0.2, 0.25) is 5.02 Å². The second kappa shape index (κ2) is 13.6. The first-order chi connectivity index (χ1) is 19.7. The number of halogens is 1. The topological polar surface area (TPSA) is 96.0 Å². The molecule has 0 aromatic heterocycles. The second-order valence-corrected chi connectivity index (χ2v) is 13.6. The number of nitrogens with zero attached hydrogens (tertiary/aromatic N) is 2. The molecule has 8 nitrogen and oxygen atoms in total. The number of ether oxygens (including phenoxy) is 1. The molecule has 1 atom stereocenters. The van der Waals surface area contributed by atoms with E-state index in [4.69, 9.17) is 16.3 Å². The van der Waals surface area contributed by atoms with Gasteiger partial charge in [0.25, 0.3) is 10.0 Å². The molecule has 0 fully saturated rings. The minimum absolute atomic E-state index is 0.0504. The lowest BCUT2D eigenvalue weighted by Gasteiger charge is -2.35. The second-order valence-electron chi connectivity index (χ2n) is 11.3. The van der Waals surface area contributed by atoms with E-state index in [0.29, 0.717) is 28.4 Å². The van der Waals surface area contributed by atoms with Crippen LogP contribution >= 0.6 is 11.6 Å². The number of hydrogen-bond acceptors (Lipinski definition) is 5. The van der Waals surface area contributed by atoms with Gasteiger partial charge in [-0.1, -0.05) is 48.4 Å². The maximum absolute atomic E-state index is 14.2. The summed E-state index contributed by atoms with van der Waals surface area (Å²) in [7, 11) is -2.61. The van der Waals surface area contributed by atoms with Crippen molar-refractivity contribution in [3.05, 3.63) is 88.4 Å². The minimum atomic E-state index is -4.17. The lowest BCUT2D eigenvalue weighted by Crippen LogP contribution is -2.55. The third kappa shape index (κ3) is 8.26. The highest BCUT2D eigenvalue weighted by Crippen LogP contribution is 2.30. The SMILES string of the molecule is CCC(C(=O)NC(C)(C)C)N(Cc1ccc(OC)cc1)C(=O)CN(c1ccc(Cl)cc1C)S(=O)(=O)c1ccc(C)cc1. The largest absolute Gasteiger partial charge is 0.497 e. The molecule has 0 bridgehead atoms. The Labute approximate surface area is 254 Å². The van der Waals surface area contributed by atoms with Crippen LogP contribution in [-0.4, -0.2) is 50.4 Å². The molecule has 1 N–H and O–H groups in total. The Morgan fingerprint density at radius 3 is 2.12 bits per heavy atom. The van der Waals surface area contributed by atoms with Gasteiger partial charge in [0.05, 0.1) is 17.7 Å². The molecule has 0 radical (unpaired) electrons. The Balaban J connectivity index is 2.10. The maximum atomic E-state index is 14.2. The zero-order chi connectivity index (χ0) is 31.2. The zero-order valence-electron chi connectivity index (χ0n) is 25.3. The normalized spacial score (nSPS) is 12.4. The molecular weight excluding hydrogens is 574 g/mol. The summed E-state index contributed by atoms with van der Waals surface area (Å²) in [5, 5.41) is 3.42. The number of rotatable bonds is 11. The molecular formula is C32H40ClN3O5S. The molecule has 0 aliphatic rings. The van der Waals surface area contributed by atoms with Crippen LogP contribution in [0.1, 0.15) is 50.8 Å². The monoisotopic (exact) mass is 613 g/mol. The maximum Gasteiger partial charge on any atom is 0.264 e. The molecule has 3 rings (SSSR count). The fraction of sp³-hybridized carbons (Fsp3) is 0.375. The number of aryl methyl sites for hydroxylation is 2. The van der Waals surface area contributed by atoms with Crippen LogP contribution in [-0.2, 0) is 26.2 Å². The fourth-order valence-corrected chi connectivity index (χ4v) is 6.25. The van der Waals surface area contributed by atoms with E-state index >= 15 is 0 Å². The van der Waals surface area contributed by atoms with Gasteiger partial charge in [-0.15, -0.1) is 0 Å². The van der Waals surface area contributed by atoms with Crippen LogP contribution in [0.25, 0.3) is 0 Å². The Kier molecular flexibility index (Phi) is 10.7. The third-order valence-electron chi connectivity index (χ3n) is 6.71. The standard InChI is InChI=1S/C32H40ClN3O5S/c1-8-28(31(38)34-32(4,5)6)35(20-24-11-14-26(41-7)15-12-24)30(37)21-36(29-18-13-25(33)19-23(29)3)42(39,40)27-16-9-22(2)10-17-27/h9-19,28H,8,20-21H2,1-7H3,(H,34,38). The molecule has 3 aromatic carbocycles. The summed E-state index contributed by atoms with van der Waals surface area (Å²) >= 11 is 6.19. The average Bonchev–Trinajstić information content (AvgIpc) is 2.91. The number of anilines is 1. The summed E-state index contributed by atoms with van der Waals surface area (Å²) < 4.78 is 34.5. The number of amides is 2. The van der Waals surface area contributed by atoms with E-state index in [1.165, 1.54) is 17.0 Å². The van der Waals surface area contributed by atoms with Gasteiger partial charge in [-0.05, 0) is 94.6 Å². The van der Waals surface area contributed by atoms with Crippen LogP contribution in [0.15, 0.2) is 71.6 Å². The van der Waals surface area contributed by atoms with Crippen molar-refractivity contribution in [3.8, 4) is 5.75 Å². The number of carbonyl (C=O) groups excluding carboxylic acids is 2. The summed E-state index contributed by atoms with van der Waals surface area (Å²) in [5.41, 5.74) is 2.05. The van der Waals surface area contributed by atoms with Gasteiger partial charge in [-0.25, -0.2) is 8.42 Å². The summed E-state index contributed by atoms with van der Waals surface area (Å²) in [4.78, 5) is 29.2. The van der Waals surface area contributed by atoms with Crippen LogP contribution in [0, 0.1) is 13.8 Å². The van der Waals surface area contributed by atoms with Crippen LogP contribution < -0.4 is 14.4 Å². The van der Waals surface area contributed by atoms with Gasteiger partial charge in [0, 0.05) is 17.1 Å². The average molecular weight is 614 g/mol. The summed E-state index contributed by atoms with van der Waals surface area (Å²) in [6.45, 7) is 10.6. The molecule has 0 saturated carbocycles. The first-order valence-corrected chi connectivity index (χ1v) is 15.6. The van der Waals surface area contributed by atoms with Gasteiger partial charge in [-0.3, -0.25) is 13.9 Å². The van der Waals surface area contributed by atoms with E-state index in [1.807, 2.05) is 46.8 Å². The van der Waals surface area contributed by atoms with Crippen molar-refractivity contribution in [2.24, 2.45) is 0 Å². The molecule has 0 aliphatic carbocycles. The number of benzene rings is 3. The van der Waals surface area contributed by atoms with Gasteiger partial charge in [0.15, 0.2) is 0 Å². The molecule has 1 unspecified atom stereocenters. The van der Waals surface area contributed by atoms with Crippen molar-refractivity contribution in [2.75, 3.05) is 18.0 Å². The molecule has 42 heavy (non-hydrogen) atoms. The van der Waals surface area contributed by atoms with Crippen molar-refractivity contribution < 1.29 is 22.7 Å². The van der Waals surface area contributed by atoms with Crippen molar-refractivity contribution >= 4 is 39.1 Å². The number of hydrogen-bond donors (Lipinski definition) is 1. The molecule has 2 amide bonds. The van der Waals surface area contributed by atoms with Gasteiger partial charge < -0.3 is 15.0 Å². The predicted molar refractivity (Wildman–Crippen MR) is 167 cm³/mol. The molecule has 10 heteroatoms. The Hall–Kier alpha value is -3.56. The fourth-order valence-electron chi connectivity index (χ4n) is 4.55. The van der Waals surface area contributed by atoms with Gasteiger partial charge in [-0.2, -0.15) is 0 Å². The lowest BCUT2D eigenvalue weighted by atomic mass is 10.1. The highest BCUT2D eigenvalue weighted by atomic mass is 35.5. The Bertz CT molecular complexity index is 1500. The summed E-state index contributed by atoms with van der Waals surface area (Å²) in [5.74, 6) is -0.183. The minimum Gasteiger partial charge on any atom is -0.497 e. The lowest BCUT2D eigenvalue weighted by molar-refractivity contribution is -0.141. The number of methoxy groups -OCH3 is 1. The van der Waals surface area contributed by atoms with Gasteiger partial charge in [0.2, 0.25) is 11.8 Å². The van der Waals surface area contributed by atoms with E-state index in [2.05, 4.69) is 5.32 Å². The predicted octanol–water partition coefficient (Wildman–Crippen LogP) is 5.88. The van der Waals surface area contributed by atoms with Crippen molar-refractivity contribution in [1.29, 1.82) is 0 Å². The van der Waals surface area contributed by atoms with Crippen molar-refractivity contribution in [2.45, 2.75) is 71.0 Å². The first-order valence-electron chi connectivity index (χ1n) is 13.8. The zero-order valence-corrected chi connectivity index (χ0v) is 26.8. The third-order valence-corrected chi connectivity index (χ3v) is 8.72. The van der Waals surface area contributed by atoms with Crippen LogP contribution in [0.4, 0.5) is 5.69 Å². The highest BCUT2D eigenvalue weighted by molar-refractivity contribution is 7.92. The molecule has 0 heterocycles. The quantitative estimate of drug-likeness (QED) is 0.291. The Morgan fingerprint density at radius 1 is 0.976 bits per heavy atom. The van der Waals surface area contributed by atoms with E-state index in [0.717, 1.165) is 15.4 Å². The van der Waals surface area contributed by atoms with E-state index in [-0.39, 0.29) is 17.3 Å². The number of nitrogens with one attached hydrogen (secondary N) is 1. The van der Waals surface area contributed by atoms with Gasteiger partial charge >= 0.3 is 0 Å². The molecule has 226 valence electrons. The van der Waals surface area contributed by atoms with Gasteiger partial charge in [0.1, 0.15) is 18.3 Å². The smallest absolute Gasteiger partial charge is 0.264 e. The molecule has 0 spiro atoms. The van der Waals surface area contributed by atoms with E-state index in [1.54, 1.807) is 56.5 Å². The molecule has 0 aliphatic heterocycles. The number of sulfonamides is 1. The van der Waals surface area contributed by atoms with E-state index < -0.39 is 34.1 Å². The van der Waals surface area contributed by atoms with Crippen molar-refractivity contribution in [1.82, 2.24) is 10.2 Å². The number of carbonyl (C=O) groups is 2. The Morgan fingerprint density at radius 2 is 1.60 bits per heavy atom. The van der Waals surface area contributed by atoms with Crippen LogP contribution in [0.3, 0.4) is 0 Å². The highest BCUT2D eigenvalue weighted by Gasteiger charge is 2.35. The molecule has 0 saturated heterocycles. The summed E-state index contributed by atoms with van der Waals surface area (Å²) in [6.07, 6.45) is 0.328. The first kappa shape index (κ1) is 32.9.